The number of aliphatic hydroxyl groups is 1. The van der Waals surface area contributed by atoms with Gasteiger partial charge in [0.05, 0.1) is 22.3 Å². The second-order valence-corrected chi connectivity index (χ2v) is 8.50. The third-order valence-corrected chi connectivity index (χ3v) is 6.71. The summed E-state index contributed by atoms with van der Waals surface area (Å²) in [6.45, 7) is 1.77. The molecule has 1 aromatic rings. The summed E-state index contributed by atoms with van der Waals surface area (Å²) in [5.74, 6) is -0.241. The Hall–Kier alpha value is -1.57. The van der Waals surface area contributed by atoms with Gasteiger partial charge in [-0.05, 0) is 56.2 Å². The first-order chi connectivity index (χ1) is 13.0. The molecule has 6 nitrogen and oxygen atoms in total. The number of hydrogen-bond donors (Lipinski definition) is 2. The zero-order chi connectivity index (χ0) is 19.3. The number of aromatic carboxylic acids is 1. The summed E-state index contributed by atoms with van der Waals surface area (Å²) >= 11 is 1.68. The molecule has 1 aromatic carbocycles. The molecule has 0 saturated carbocycles. The molecule has 1 atom stereocenters. The molecule has 1 amide bonds. The topological polar surface area (TPSA) is 87.1 Å². The number of carbonyl (C=O) groups is 2. The van der Waals surface area contributed by atoms with Gasteiger partial charge in [-0.25, -0.2) is 4.79 Å². The third kappa shape index (κ3) is 5.46. The van der Waals surface area contributed by atoms with Gasteiger partial charge in [0.25, 0.3) is 0 Å². The van der Waals surface area contributed by atoms with Crippen molar-refractivity contribution in [3.8, 4) is 0 Å². The van der Waals surface area contributed by atoms with Crippen molar-refractivity contribution in [1.29, 1.82) is 0 Å². The minimum atomic E-state index is -0.913. The summed E-state index contributed by atoms with van der Waals surface area (Å²) in [6, 6.07) is 6.97. The maximum Gasteiger partial charge on any atom is 0.335 e. The van der Waals surface area contributed by atoms with Gasteiger partial charge in [-0.1, -0.05) is 12.1 Å². The fraction of sp³-hybridized carbons (Fsp3) is 0.600. The van der Waals surface area contributed by atoms with E-state index in [1.54, 1.807) is 23.9 Å². The minimum absolute atomic E-state index is 0.159. The highest BCUT2D eigenvalue weighted by atomic mass is 32.2. The Kier molecular flexibility index (Phi) is 6.78. The van der Waals surface area contributed by atoms with Crippen LogP contribution in [0.4, 0.5) is 0 Å². The van der Waals surface area contributed by atoms with E-state index in [1.165, 1.54) is 0 Å². The molecule has 2 heterocycles. The number of amides is 1. The fourth-order valence-corrected chi connectivity index (χ4v) is 4.87. The lowest BCUT2D eigenvalue weighted by Crippen LogP contribution is -2.42. The SMILES string of the molecule is O=C(O)c1ccc(CCCC2SCC(=O)N2CCC2(O)CCOCC2)cc1. The molecule has 3 rings (SSSR count). The van der Waals surface area contributed by atoms with E-state index in [0.29, 0.717) is 50.3 Å². The van der Waals surface area contributed by atoms with Gasteiger partial charge in [0.2, 0.25) is 5.91 Å². The van der Waals surface area contributed by atoms with E-state index >= 15 is 0 Å². The van der Waals surface area contributed by atoms with Crippen molar-refractivity contribution in [3.05, 3.63) is 35.4 Å². The molecule has 2 N–H and O–H groups in total. The average Bonchev–Trinajstić information content (AvgIpc) is 3.01. The van der Waals surface area contributed by atoms with Gasteiger partial charge in [0.1, 0.15) is 0 Å². The van der Waals surface area contributed by atoms with E-state index in [4.69, 9.17) is 9.84 Å². The summed E-state index contributed by atoms with van der Waals surface area (Å²) < 4.78 is 5.32. The van der Waals surface area contributed by atoms with Crippen LogP contribution in [-0.4, -0.2) is 63.5 Å². The van der Waals surface area contributed by atoms with Crippen molar-refractivity contribution in [2.75, 3.05) is 25.5 Å². The number of nitrogens with zero attached hydrogens (tertiary/aromatic N) is 1. The first kappa shape index (κ1) is 20.2. The highest BCUT2D eigenvalue weighted by molar-refractivity contribution is 8.00. The molecule has 2 fully saturated rings. The smallest absolute Gasteiger partial charge is 0.335 e. The van der Waals surface area contributed by atoms with Crippen LogP contribution < -0.4 is 0 Å². The third-order valence-electron chi connectivity index (χ3n) is 5.43. The molecular weight excluding hydrogens is 366 g/mol. The Balaban J connectivity index is 1.46. The van der Waals surface area contributed by atoms with E-state index in [0.717, 1.165) is 24.8 Å². The molecular formula is C20H27NO5S. The first-order valence-corrected chi connectivity index (χ1v) is 10.6. The second kappa shape index (κ2) is 9.08. The molecule has 27 heavy (non-hydrogen) atoms. The molecule has 148 valence electrons. The maximum absolute atomic E-state index is 12.2. The standard InChI is InChI=1S/C20H27NO5S/c22-17-14-27-18(21(17)11-8-20(25)9-12-26-13-10-20)3-1-2-15-4-6-16(7-5-15)19(23)24/h4-7,18,25H,1-3,8-14H2,(H,23,24). The molecule has 0 aromatic heterocycles. The maximum atomic E-state index is 12.2. The summed E-state index contributed by atoms with van der Waals surface area (Å²) in [6.07, 6.45) is 4.58. The minimum Gasteiger partial charge on any atom is -0.478 e. The predicted molar refractivity (Wildman–Crippen MR) is 104 cm³/mol. The predicted octanol–water partition coefficient (Wildman–Crippen LogP) is 2.54. The van der Waals surface area contributed by atoms with Crippen molar-refractivity contribution in [1.82, 2.24) is 4.90 Å². The largest absolute Gasteiger partial charge is 0.478 e. The average molecular weight is 394 g/mol. The lowest BCUT2D eigenvalue weighted by molar-refractivity contribution is -0.129. The van der Waals surface area contributed by atoms with Gasteiger partial charge >= 0.3 is 5.97 Å². The van der Waals surface area contributed by atoms with Crippen molar-refractivity contribution in [2.24, 2.45) is 0 Å². The molecule has 0 bridgehead atoms. The van der Waals surface area contributed by atoms with Crippen LogP contribution in [0.1, 0.15) is 48.0 Å². The van der Waals surface area contributed by atoms with Crippen LogP contribution >= 0.6 is 11.8 Å². The van der Waals surface area contributed by atoms with Crippen LogP contribution in [0, 0.1) is 0 Å². The Labute approximate surface area is 163 Å². The van der Waals surface area contributed by atoms with Crippen LogP contribution in [0.5, 0.6) is 0 Å². The molecule has 7 heteroatoms. The van der Waals surface area contributed by atoms with E-state index in [-0.39, 0.29) is 11.3 Å². The highest BCUT2D eigenvalue weighted by Crippen LogP contribution is 2.31. The zero-order valence-corrected chi connectivity index (χ0v) is 16.2. The van der Waals surface area contributed by atoms with Crippen LogP contribution in [0.15, 0.2) is 24.3 Å². The normalized spacial score (nSPS) is 22.2. The number of thioether (sulfide) groups is 1. The molecule has 2 aliphatic rings. The Morgan fingerprint density at radius 3 is 2.63 bits per heavy atom. The number of benzene rings is 1. The lowest BCUT2D eigenvalue weighted by atomic mass is 9.90. The van der Waals surface area contributed by atoms with Gasteiger partial charge in [0, 0.05) is 19.8 Å². The van der Waals surface area contributed by atoms with Crippen molar-refractivity contribution < 1.29 is 24.5 Å². The van der Waals surface area contributed by atoms with Crippen LogP contribution in [-0.2, 0) is 16.0 Å². The van der Waals surface area contributed by atoms with Crippen LogP contribution in [0.25, 0.3) is 0 Å². The lowest BCUT2D eigenvalue weighted by Gasteiger charge is -2.34. The number of ether oxygens (including phenoxy) is 1. The van der Waals surface area contributed by atoms with Crippen molar-refractivity contribution >= 4 is 23.6 Å². The molecule has 2 saturated heterocycles. The molecule has 0 spiro atoms. The van der Waals surface area contributed by atoms with Crippen LogP contribution in [0.3, 0.4) is 0 Å². The number of aryl methyl sites for hydroxylation is 1. The second-order valence-electron chi connectivity index (χ2n) is 7.33. The molecule has 0 aliphatic carbocycles. The summed E-state index contributed by atoms with van der Waals surface area (Å²) in [7, 11) is 0. The molecule has 2 aliphatic heterocycles. The first-order valence-electron chi connectivity index (χ1n) is 9.50. The van der Waals surface area contributed by atoms with Gasteiger partial charge in [0.15, 0.2) is 0 Å². The van der Waals surface area contributed by atoms with Crippen molar-refractivity contribution in [3.63, 3.8) is 0 Å². The number of carboxylic acids is 1. The fourth-order valence-electron chi connectivity index (χ4n) is 3.63. The number of carboxylic acid groups (broad SMARTS) is 1. The Morgan fingerprint density at radius 2 is 1.96 bits per heavy atom. The van der Waals surface area contributed by atoms with Crippen LogP contribution in [0.2, 0.25) is 0 Å². The van der Waals surface area contributed by atoms with Crippen molar-refractivity contribution in [2.45, 2.75) is 49.5 Å². The zero-order valence-electron chi connectivity index (χ0n) is 15.4. The molecule has 0 radical (unpaired) electrons. The monoisotopic (exact) mass is 393 g/mol. The number of hydrogen-bond acceptors (Lipinski definition) is 5. The Morgan fingerprint density at radius 1 is 1.26 bits per heavy atom. The van der Waals surface area contributed by atoms with E-state index < -0.39 is 11.6 Å². The van der Waals surface area contributed by atoms with E-state index in [2.05, 4.69) is 0 Å². The quantitative estimate of drug-likeness (QED) is 0.706. The van der Waals surface area contributed by atoms with Gasteiger partial charge < -0.3 is 19.8 Å². The van der Waals surface area contributed by atoms with Gasteiger partial charge in [-0.2, -0.15) is 0 Å². The Bertz CT molecular complexity index is 657. The summed E-state index contributed by atoms with van der Waals surface area (Å²) in [5.41, 5.74) is 0.702. The van der Waals surface area contributed by atoms with Gasteiger partial charge in [-0.3, -0.25) is 4.79 Å². The van der Waals surface area contributed by atoms with E-state index in [9.17, 15) is 14.7 Å². The highest BCUT2D eigenvalue weighted by Gasteiger charge is 2.35. The van der Waals surface area contributed by atoms with Gasteiger partial charge in [-0.15, -0.1) is 11.8 Å². The number of carbonyl (C=O) groups excluding carboxylic acids is 1. The summed E-state index contributed by atoms with van der Waals surface area (Å²) in [4.78, 5) is 25.1. The van der Waals surface area contributed by atoms with E-state index in [1.807, 2.05) is 17.0 Å². The number of rotatable bonds is 8. The molecule has 1 unspecified atom stereocenters. The summed E-state index contributed by atoms with van der Waals surface area (Å²) in [5, 5.41) is 19.7.